The van der Waals surface area contributed by atoms with Gasteiger partial charge < -0.3 is 10.6 Å². The van der Waals surface area contributed by atoms with E-state index < -0.39 is 24.5 Å². The molecule has 0 spiro atoms. The van der Waals surface area contributed by atoms with E-state index in [4.69, 9.17) is 0 Å². The second-order valence-corrected chi connectivity index (χ2v) is 5.09. The van der Waals surface area contributed by atoms with Gasteiger partial charge in [0.1, 0.15) is 5.82 Å². The minimum absolute atomic E-state index is 0.00931. The van der Waals surface area contributed by atoms with Gasteiger partial charge in [0.2, 0.25) is 0 Å². The van der Waals surface area contributed by atoms with Crippen molar-refractivity contribution in [2.24, 2.45) is 0 Å². The maximum absolute atomic E-state index is 12.3. The van der Waals surface area contributed by atoms with Crippen LogP contribution in [-0.2, 0) is 0 Å². The number of anilines is 1. The molecule has 1 amide bonds. The highest BCUT2D eigenvalue weighted by molar-refractivity contribution is 5.97. The predicted octanol–water partition coefficient (Wildman–Crippen LogP) is 2.71. The normalized spacial score (nSPS) is 13.1. The Bertz CT molecular complexity index is 503. The number of aromatic nitrogens is 2. The molecule has 0 radical (unpaired) electrons. The second kappa shape index (κ2) is 6.73. The van der Waals surface area contributed by atoms with E-state index >= 15 is 0 Å². The van der Waals surface area contributed by atoms with Crippen LogP contribution in [0.15, 0.2) is 6.20 Å². The van der Waals surface area contributed by atoms with Gasteiger partial charge in [0.15, 0.2) is 5.69 Å². The van der Waals surface area contributed by atoms with Gasteiger partial charge in [-0.2, -0.15) is 13.2 Å². The third-order valence-electron chi connectivity index (χ3n) is 2.72. The molecule has 118 valence electrons. The van der Waals surface area contributed by atoms with Gasteiger partial charge in [-0.25, -0.2) is 9.97 Å². The lowest BCUT2D eigenvalue weighted by Gasteiger charge is -2.17. The Balaban J connectivity index is 2.92. The highest BCUT2D eigenvalue weighted by Crippen LogP contribution is 2.22. The Labute approximate surface area is 121 Å². The average molecular weight is 304 g/mol. The molecule has 0 saturated heterocycles. The van der Waals surface area contributed by atoms with Crippen LogP contribution < -0.4 is 10.6 Å². The summed E-state index contributed by atoms with van der Waals surface area (Å²) >= 11 is 0. The number of alkyl halides is 3. The number of nitrogens with one attached hydrogen (secondary N) is 2. The summed E-state index contributed by atoms with van der Waals surface area (Å²) in [4.78, 5) is 20.3. The summed E-state index contributed by atoms with van der Waals surface area (Å²) in [5, 5.41) is 5.06. The first-order valence-corrected chi connectivity index (χ1v) is 6.56. The minimum atomic E-state index is -4.33. The Morgan fingerprint density at radius 1 is 1.33 bits per heavy atom. The van der Waals surface area contributed by atoms with Crippen LogP contribution in [0.2, 0.25) is 0 Å². The number of halogens is 3. The molecule has 1 aromatic heterocycles. The molecule has 0 saturated carbocycles. The number of rotatable bonds is 5. The number of carbonyl (C=O) groups is 1. The molecule has 5 nitrogen and oxygen atoms in total. The van der Waals surface area contributed by atoms with Crippen molar-refractivity contribution in [3.05, 3.63) is 17.7 Å². The zero-order chi connectivity index (χ0) is 16.2. The highest BCUT2D eigenvalue weighted by Gasteiger charge is 2.31. The number of carbonyl (C=O) groups excluding carboxylic acids is 1. The molecule has 0 aliphatic heterocycles. The van der Waals surface area contributed by atoms with Gasteiger partial charge in [0.05, 0.1) is 18.3 Å². The van der Waals surface area contributed by atoms with E-state index in [0.29, 0.717) is 11.5 Å². The van der Waals surface area contributed by atoms with E-state index in [-0.39, 0.29) is 11.6 Å². The maximum Gasteiger partial charge on any atom is 0.391 e. The first-order chi connectivity index (χ1) is 9.64. The molecule has 0 bridgehead atoms. The van der Waals surface area contributed by atoms with Gasteiger partial charge in [0, 0.05) is 19.0 Å². The quantitative estimate of drug-likeness (QED) is 0.877. The van der Waals surface area contributed by atoms with Crippen LogP contribution in [0.25, 0.3) is 0 Å². The zero-order valence-corrected chi connectivity index (χ0v) is 12.4. The van der Waals surface area contributed by atoms with Crippen molar-refractivity contribution >= 4 is 11.6 Å². The number of amides is 1. The Morgan fingerprint density at radius 2 is 1.95 bits per heavy atom. The Morgan fingerprint density at radius 3 is 2.43 bits per heavy atom. The molecule has 1 atom stereocenters. The van der Waals surface area contributed by atoms with E-state index in [0.717, 1.165) is 0 Å². The molecule has 0 aliphatic carbocycles. The van der Waals surface area contributed by atoms with Crippen molar-refractivity contribution in [3.63, 3.8) is 0 Å². The van der Waals surface area contributed by atoms with Crippen LogP contribution in [0.3, 0.4) is 0 Å². The summed E-state index contributed by atoms with van der Waals surface area (Å²) in [5.74, 6) is -0.182. The van der Waals surface area contributed by atoms with Crippen LogP contribution in [-0.4, -0.2) is 35.1 Å². The van der Waals surface area contributed by atoms with E-state index in [1.807, 2.05) is 13.8 Å². The van der Waals surface area contributed by atoms with Crippen LogP contribution in [0.4, 0.5) is 18.9 Å². The van der Waals surface area contributed by atoms with Gasteiger partial charge in [-0.05, 0) is 6.92 Å². The standard InChI is InChI=1S/C13H19F3N4O/c1-7(2)11-18-6-9(17-4)10(20-11)12(21)19-8(3)5-13(14,15)16/h6-8,17H,5H2,1-4H3,(H,19,21). The highest BCUT2D eigenvalue weighted by atomic mass is 19.4. The lowest BCUT2D eigenvalue weighted by Crippen LogP contribution is -2.36. The van der Waals surface area contributed by atoms with Crippen LogP contribution in [0, 0.1) is 0 Å². The summed E-state index contributed by atoms with van der Waals surface area (Å²) in [6.45, 7) is 5.03. The molecule has 0 aromatic carbocycles. The lowest BCUT2D eigenvalue weighted by atomic mass is 10.2. The first kappa shape index (κ1) is 17.2. The van der Waals surface area contributed by atoms with Crippen molar-refractivity contribution in [2.75, 3.05) is 12.4 Å². The van der Waals surface area contributed by atoms with Crippen molar-refractivity contribution in [3.8, 4) is 0 Å². The first-order valence-electron chi connectivity index (χ1n) is 6.56. The van der Waals surface area contributed by atoms with Gasteiger partial charge in [-0.15, -0.1) is 0 Å². The molecule has 1 unspecified atom stereocenters. The fourth-order valence-electron chi connectivity index (χ4n) is 1.72. The van der Waals surface area contributed by atoms with Gasteiger partial charge in [-0.1, -0.05) is 13.8 Å². The van der Waals surface area contributed by atoms with E-state index in [1.165, 1.54) is 13.1 Å². The lowest BCUT2D eigenvalue weighted by molar-refractivity contribution is -0.138. The van der Waals surface area contributed by atoms with Crippen molar-refractivity contribution in [1.82, 2.24) is 15.3 Å². The third kappa shape index (κ3) is 5.20. The van der Waals surface area contributed by atoms with Gasteiger partial charge >= 0.3 is 6.18 Å². The minimum Gasteiger partial charge on any atom is -0.385 e. The van der Waals surface area contributed by atoms with E-state index in [2.05, 4.69) is 20.6 Å². The van der Waals surface area contributed by atoms with Gasteiger partial charge in [-0.3, -0.25) is 4.79 Å². The molecule has 1 aromatic rings. The molecule has 1 heterocycles. The topological polar surface area (TPSA) is 66.9 Å². The predicted molar refractivity (Wildman–Crippen MR) is 73.3 cm³/mol. The molecule has 8 heteroatoms. The molecule has 0 aliphatic rings. The van der Waals surface area contributed by atoms with Crippen LogP contribution in [0.1, 0.15) is 49.4 Å². The maximum atomic E-state index is 12.3. The fourth-order valence-corrected chi connectivity index (χ4v) is 1.72. The summed E-state index contributed by atoms with van der Waals surface area (Å²) in [5.41, 5.74) is 0.418. The van der Waals surface area contributed by atoms with Crippen molar-refractivity contribution in [2.45, 2.75) is 45.3 Å². The summed E-state index contributed by atoms with van der Waals surface area (Å²) in [6.07, 6.45) is -3.96. The second-order valence-electron chi connectivity index (χ2n) is 5.09. The summed E-state index contributed by atoms with van der Waals surface area (Å²) in [6, 6.07) is -1.03. The fraction of sp³-hybridized carbons (Fsp3) is 0.615. The summed E-state index contributed by atoms with van der Waals surface area (Å²) < 4.78 is 36.9. The smallest absolute Gasteiger partial charge is 0.385 e. The molecule has 0 fully saturated rings. The van der Waals surface area contributed by atoms with Gasteiger partial charge in [0.25, 0.3) is 5.91 Å². The Kier molecular flexibility index (Phi) is 5.51. The number of nitrogens with zero attached hydrogens (tertiary/aromatic N) is 2. The number of hydrogen-bond acceptors (Lipinski definition) is 4. The monoisotopic (exact) mass is 304 g/mol. The van der Waals surface area contributed by atoms with Crippen LogP contribution >= 0.6 is 0 Å². The molecule has 21 heavy (non-hydrogen) atoms. The van der Waals surface area contributed by atoms with Crippen molar-refractivity contribution in [1.29, 1.82) is 0 Å². The van der Waals surface area contributed by atoms with Crippen LogP contribution in [0.5, 0.6) is 0 Å². The molecule has 2 N–H and O–H groups in total. The van der Waals surface area contributed by atoms with E-state index in [9.17, 15) is 18.0 Å². The SMILES string of the molecule is CNc1cnc(C(C)C)nc1C(=O)NC(C)CC(F)(F)F. The summed E-state index contributed by atoms with van der Waals surface area (Å²) in [7, 11) is 1.59. The Hall–Kier alpha value is -1.86. The largest absolute Gasteiger partial charge is 0.391 e. The molecular weight excluding hydrogens is 285 g/mol. The average Bonchev–Trinajstić information content (AvgIpc) is 2.35. The third-order valence-corrected chi connectivity index (χ3v) is 2.72. The van der Waals surface area contributed by atoms with E-state index in [1.54, 1.807) is 7.05 Å². The molecule has 1 rings (SSSR count). The zero-order valence-electron chi connectivity index (χ0n) is 12.4. The number of hydrogen-bond donors (Lipinski definition) is 2. The van der Waals surface area contributed by atoms with Crippen molar-refractivity contribution < 1.29 is 18.0 Å². The molecular formula is C13H19F3N4O.